The summed E-state index contributed by atoms with van der Waals surface area (Å²) in [5, 5.41) is 13.1. The predicted molar refractivity (Wildman–Crippen MR) is 102 cm³/mol. The van der Waals surface area contributed by atoms with Crippen molar-refractivity contribution in [3.05, 3.63) is 34.6 Å². The van der Waals surface area contributed by atoms with Gasteiger partial charge in [-0.2, -0.15) is 0 Å². The Balaban J connectivity index is 1.79. The van der Waals surface area contributed by atoms with E-state index in [1.165, 1.54) is 19.3 Å². The van der Waals surface area contributed by atoms with Crippen molar-refractivity contribution in [2.75, 3.05) is 31.1 Å². The Kier molecular flexibility index (Phi) is 3.89. The summed E-state index contributed by atoms with van der Waals surface area (Å²) >= 11 is 0. The molecule has 0 unspecified atom stereocenters. The van der Waals surface area contributed by atoms with Gasteiger partial charge in [0, 0.05) is 32.2 Å². The molecule has 0 atom stereocenters. The van der Waals surface area contributed by atoms with Gasteiger partial charge < -0.3 is 10.2 Å². The number of rotatable bonds is 2. The number of benzene rings is 1. The molecule has 2 fully saturated rings. The fraction of sp³-hybridized carbons (Fsp3) is 0.526. The van der Waals surface area contributed by atoms with Gasteiger partial charge in [-0.25, -0.2) is 4.40 Å². The van der Waals surface area contributed by atoms with E-state index in [9.17, 15) is 4.79 Å². The monoisotopic (exact) mass is 352 g/mol. The third kappa shape index (κ3) is 2.41. The molecule has 7 heteroatoms. The van der Waals surface area contributed by atoms with Crippen LogP contribution in [0.15, 0.2) is 29.1 Å². The van der Waals surface area contributed by atoms with Crippen LogP contribution in [0.5, 0.6) is 0 Å². The molecule has 0 bridgehead atoms. The molecule has 3 aromatic rings. The number of para-hydroxylation sites is 1. The number of hydrogen-bond acceptors (Lipinski definition) is 5. The first-order chi connectivity index (χ1) is 12.8. The number of piperazine rings is 1. The van der Waals surface area contributed by atoms with Crippen LogP contribution in [-0.4, -0.2) is 45.3 Å². The van der Waals surface area contributed by atoms with E-state index in [1.54, 1.807) is 0 Å². The molecular weight excluding hydrogens is 328 g/mol. The number of anilines is 1. The number of hydrogen-bond donors (Lipinski definition) is 1. The van der Waals surface area contributed by atoms with Crippen LogP contribution in [0, 0.1) is 0 Å². The van der Waals surface area contributed by atoms with Crippen molar-refractivity contribution in [1.29, 1.82) is 0 Å². The summed E-state index contributed by atoms with van der Waals surface area (Å²) in [7, 11) is 0. The highest BCUT2D eigenvalue weighted by molar-refractivity contribution is 5.81. The van der Waals surface area contributed by atoms with Crippen molar-refractivity contribution in [2.45, 2.75) is 38.1 Å². The zero-order chi connectivity index (χ0) is 17.5. The minimum Gasteiger partial charge on any atom is -0.338 e. The highest BCUT2D eigenvalue weighted by Gasteiger charge is 2.25. The van der Waals surface area contributed by atoms with Crippen LogP contribution >= 0.6 is 0 Å². The normalized spacial score (nSPS) is 19.5. The first-order valence-electron chi connectivity index (χ1n) is 9.68. The van der Waals surface area contributed by atoms with Crippen LogP contribution in [0.25, 0.3) is 16.7 Å². The summed E-state index contributed by atoms with van der Waals surface area (Å²) < 4.78 is 4.01. The number of nitrogens with zero attached hydrogens (tertiary/aromatic N) is 5. The second kappa shape index (κ2) is 6.39. The number of nitrogens with one attached hydrogen (secondary N) is 1. The molecule has 2 aliphatic rings. The Labute approximate surface area is 151 Å². The van der Waals surface area contributed by atoms with Gasteiger partial charge in [0.15, 0.2) is 0 Å². The van der Waals surface area contributed by atoms with Crippen molar-refractivity contribution in [1.82, 2.24) is 24.5 Å². The first-order valence-corrected chi connectivity index (χ1v) is 9.68. The summed E-state index contributed by atoms with van der Waals surface area (Å²) in [5.74, 6) is 1.54. The maximum Gasteiger partial charge on any atom is 0.263 e. The standard InChI is InChI=1S/C19H24N6O/c26-17-15-8-4-5-9-16(15)25-18(23-12-10-20-11-13-23)21-22-19(25)24(17)14-6-2-1-3-7-14/h4-5,8-9,14,20H,1-3,6-7,10-13H2. The molecule has 136 valence electrons. The average Bonchev–Trinajstić information content (AvgIpc) is 3.15. The number of fused-ring (bicyclic) bond motifs is 3. The lowest BCUT2D eigenvalue weighted by molar-refractivity contribution is 0.351. The van der Waals surface area contributed by atoms with Gasteiger partial charge in [-0.3, -0.25) is 9.36 Å². The molecule has 0 radical (unpaired) electrons. The fourth-order valence-electron chi connectivity index (χ4n) is 4.45. The third-order valence-electron chi connectivity index (χ3n) is 5.78. The van der Waals surface area contributed by atoms with Gasteiger partial charge in [0.2, 0.25) is 11.7 Å². The molecule has 1 saturated carbocycles. The van der Waals surface area contributed by atoms with Crippen molar-refractivity contribution in [2.24, 2.45) is 0 Å². The van der Waals surface area contributed by atoms with Crippen LogP contribution in [0.3, 0.4) is 0 Å². The highest BCUT2D eigenvalue weighted by atomic mass is 16.1. The second-order valence-electron chi connectivity index (χ2n) is 7.36. The third-order valence-corrected chi connectivity index (χ3v) is 5.78. The molecule has 3 heterocycles. The fourth-order valence-corrected chi connectivity index (χ4v) is 4.45. The number of aromatic nitrogens is 4. The molecule has 2 aromatic heterocycles. The average molecular weight is 352 g/mol. The minimum absolute atomic E-state index is 0.0688. The Morgan fingerprint density at radius 1 is 1.00 bits per heavy atom. The van der Waals surface area contributed by atoms with Gasteiger partial charge in [0.1, 0.15) is 0 Å². The lowest BCUT2D eigenvalue weighted by Gasteiger charge is -2.28. The summed E-state index contributed by atoms with van der Waals surface area (Å²) in [6, 6.07) is 8.08. The van der Waals surface area contributed by atoms with E-state index in [0.29, 0.717) is 5.78 Å². The smallest absolute Gasteiger partial charge is 0.263 e. The molecule has 1 aliphatic carbocycles. The van der Waals surface area contributed by atoms with E-state index in [0.717, 1.165) is 55.9 Å². The maximum absolute atomic E-state index is 13.3. The van der Waals surface area contributed by atoms with Crippen molar-refractivity contribution < 1.29 is 0 Å². The van der Waals surface area contributed by atoms with Crippen LogP contribution < -0.4 is 15.8 Å². The van der Waals surface area contributed by atoms with Gasteiger partial charge in [0.25, 0.3) is 5.56 Å². The summed E-state index contributed by atoms with van der Waals surface area (Å²) in [5.41, 5.74) is 0.970. The van der Waals surface area contributed by atoms with Gasteiger partial charge in [-0.1, -0.05) is 31.4 Å². The Morgan fingerprint density at radius 3 is 2.58 bits per heavy atom. The molecule has 1 N–H and O–H groups in total. The van der Waals surface area contributed by atoms with Gasteiger partial charge in [0.05, 0.1) is 10.9 Å². The Morgan fingerprint density at radius 2 is 1.77 bits per heavy atom. The zero-order valence-corrected chi connectivity index (χ0v) is 14.9. The minimum atomic E-state index is 0.0688. The predicted octanol–water partition coefficient (Wildman–Crippen LogP) is 1.96. The van der Waals surface area contributed by atoms with E-state index < -0.39 is 0 Å². The van der Waals surface area contributed by atoms with Crippen LogP contribution in [-0.2, 0) is 0 Å². The lowest BCUT2D eigenvalue weighted by atomic mass is 9.95. The van der Waals surface area contributed by atoms with Gasteiger partial charge >= 0.3 is 0 Å². The van der Waals surface area contributed by atoms with Crippen molar-refractivity contribution in [3.63, 3.8) is 0 Å². The largest absolute Gasteiger partial charge is 0.338 e. The van der Waals surface area contributed by atoms with E-state index in [-0.39, 0.29) is 11.6 Å². The Hall–Kier alpha value is -2.41. The topological polar surface area (TPSA) is 67.5 Å². The SMILES string of the molecule is O=c1c2ccccc2n2c(N3CCNCC3)nnc2n1C1CCCCC1. The van der Waals surface area contributed by atoms with Gasteiger partial charge in [-0.05, 0) is 25.0 Å². The van der Waals surface area contributed by atoms with Crippen LogP contribution in [0.2, 0.25) is 0 Å². The van der Waals surface area contributed by atoms with Crippen LogP contribution in [0.1, 0.15) is 38.1 Å². The van der Waals surface area contributed by atoms with Crippen LogP contribution in [0.4, 0.5) is 5.95 Å². The molecule has 26 heavy (non-hydrogen) atoms. The molecule has 0 amide bonds. The lowest BCUT2D eigenvalue weighted by Crippen LogP contribution is -2.44. The molecule has 1 saturated heterocycles. The molecular formula is C19H24N6O. The van der Waals surface area contributed by atoms with E-state index in [4.69, 9.17) is 0 Å². The Bertz CT molecular complexity index is 994. The highest BCUT2D eigenvalue weighted by Crippen LogP contribution is 2.30. The molecule has 7 nitrogen and oxygen atoms in total. The summed E-state index contributed by atoms with van der Waals surface area (Å²) in [4.78, 5) is 15.5. The summed E-state index contributed by atoms with van der Waals surface area (Å²) in [6.45, 7) is 3.68. The van der Waals surface area contributed by atoms with Crippen molar-refractivity contribution >= 4 is 22.6 Å². The molecule has 5 rings (SSSR count). The quantitative estimate of drug-likeness (QED) is 0.764. The maximum atomic E-state index is 13.3. The molecule has 0 spiro atoms. The zero-order valence-electron chi connectivity index (χ0n) is 14.9. The second-order valence-corrected chi connectivity index (χ2v) is 7.36. The summed E-state index contributed by atoms with van der Waals surface area (Å²) in [6.07, 6.45) is 5.70. The molecule has 1 aromatic carbocycles. The van der Waals surface area contributed by atoms with E-state index >= 15 is 0 Å². The van der Waals surface area contributed by atoms with Gasteiger partial charge in [-0.15, -0.1) is 10.2 Å². The van der Waals surface area contributed by atoms with Crippen molar-refractivity contribution in [3.8, 4) is 0 Å². The van der Waals surface area contributed by atoms with E-state index in [2.05, 4.69) is 24.8 Å². The molecule has 1 aliphatic heterocycles. The van der Waals surface area contributed by atoms with E-state index in [1.807, 2.05) is 28.8 Å². The first kappa shape index (κ1) is 15.8.